The van der Waals surface area contributed by atoms with E-state index in [1.54, 1.807) is 6.07 Å². The topological polar surface area (TPSA) is 39.3 Å². The summed E-state index contributed by atoms with van der Waals surface area (Å²) in [5, 5.41) is 0.712. The number of amides is 1. The van der Waals surface area contributed by atoms with Gasteiger partial charge in [0.2, 0.25) is 0 Å². The van der Waals surface area contributed by atoms with E-state index in [0.29, 0.717) is 15.9 Å². The van der Waals surface area contributed by atoms with Gasteiger partial charge in [-0.3, -0.25) is 4.79 Å². The molecule has 2 rings (SSSR count). The number of H-pyrrole nitrogens is 1. The Morgan fingerprint density at radius 3 is 2.71 bits per heavy atom. The van der Waals surface area contributed by atoms with Crippen molar-refractivity contribution >= 4 is 29.1 Å². The molecule has 0 saturated carbocycles. The Balaban J connectivity index is 2.09. The third-order valence-corrected chi connectivity index (χ3v) is 3.66. The quantitative estimate of drug-likeness (QED) is 0.853. The smallest absolute Gasteiger partial charge is 0.270 e. The van der Waals surface area contributed by atoms with E-state index in [4.69, 9.17) is 23.2 Å². The molecule has 94 valence electrons. The Labute approximate surface area is 110 Å². The van der Waals surface area contributed by atoms with Crippen LogP contribution in [0.1, 0.15) is 16.9 Å². The van der Waals surface area contributed by atoms with Crippen LogP contribution in [0.5, 0.6) is 0 Å². The lowest BCUT2D eigenvalue weighted by atomic mass is 10.3. The number of aromatic amines is 1. The number of likely N-dealkylation sites (N-methyl/N-ethyl adjacent to an activating group) is 1. The maximum atomic E-state index is 12.2. The van der Waals surface area contributed by atoms with E-state index in [1.807, 2.05) is 4.90 Å². The van der Waals surface area contributed by atoms with E-state index in [-0.39, 0.29) is 5.91 Å². The SMILES string of the molecule is CN1CCCN(C(=O)c2cc(Cl)c(Cl)[nH]2)CC1. The summed E-state index contributed by atoms with van der Waals surface area (Å²) in [6, 6.07) is 1.58. The summed E-state index contributed by atoms with van der Waals surface area (Å²) in [4.78, 5) is 19.0. The molecule has 1 aromatic heterocycles. The van der Waals surface area contributed by atoms with Crippen molar-refractivity contribution in [3.63, 3.8) is 0 Å². The van der Waals surface area contributed by atoms with Gasteiger partial charge in [-0.1, -0.05) is 23.2 Å². The second-order valence-corrected chi connectivity index (χ2v) is 5.08. The van der Waals surface area contributed by atoms with Gasteiger partial charge in [0.05, 0.1) is 5.02 Å². The number of carbonyl (C=O) groups is 1. The average Bonchev–Trinajstić information content (AvgIpc) is 2.51. The number of halogens is 2. The number of nitrogens with one attached hydrogen (secondary N) is 1. The molecule has 1 aliphatic rings. The Bertz CT molecular complexity index is 399. The minimum Gasteiger partial charge on any atom is -0.340 e. The van der Waals surface area contributed by atoms with Crippen LogP contribution < -0.4 is 0 Å². The van der Waals surface area contributed by atoms with Crippen molar-refractivity contribution in [1.29, 1.82) is 0 Å². The van der Waals surface area contributed by atoms with Crippen molar-refractivity contribution in [2.24, 2.45) is 0 Å². The number of hydrogen-bond acceptors (Lipinski definition) is 2. The second kappa shape index (κ2) is 5.29. The van der Waals surface area contributed by atoms with Gasteiger partial charge in [0.15, 0.2) is 0 Å². The number of carbonyl (C=O) groups excluding carboxylic acids is 1. The molecule has 0 spiro atoms. The van der Waals surface area contributed by atoms with Gasteiger partial charge in [0, 0.05) is 19.6 Å². The highest BCUT2D eigenvalue weighted by Crippen LogP contribution is 2.22. The largest absolute Gasteiger partial charge is 0.340 e. The molecule has 4 nitrogen and oxygen atoms in total. The van der Waals surface area contributed by atoms with Gasteiger partial charge >= 0.3 is 0 Å². The number of rotatable bonds is 1. The predicted molar refractivity (Wildman–Crippen MR) is 68.8 cm³/mol. The Kier molecular flexibility index (Phi) is 3.97. The van der Waals surface area contributed by atoms with Gasteiger partial charge < -0.3 is 14.8 Å². The summed E-state index contributed by atoms with van der Waals surface area (Å²) in [7, 11) is 2.07. The Morgan fingerprint density at radius 2 is 2.06 bits per heavy atom. The first-order valence-corrected chi connectivity index (χ1v) is 6.35. The lowest BCUT2D eigenvalue weighted by Gasteiger charge is -2.19. The van der Waals surface area contributed by atoms with Crippen LogP contribution in [0.3, 0.4) is 0 Å². The molecule has 0 unspecified atom stereocenters. The summed E-state index contributed by atoms with van der Waals surface area (Å²) in [6.45, 7) is 3.44. The minimum atomic E-state index is -0.0332. The number of aromatic nitrogens is 1. The standard InChI is InChI=1S/C11H15Cl2N3O/c1-15-3-2-4-16(6-5-15)11(17)9-7-8(12)10(13)14-9/h7,14H,2-6H2,1H3. The van der Waals surface area contributed by atoms with Crippen LogP contribution in [0.25, 0.3) is 0 Å². The van der Waals surface area contributed by atoms with E-state index in [1.165, 1.54) is 0 Å². The van der Waals surface area contributed by atoms with Gasteiger partial charge in [0.25, 0.3) is 5.91 Å². The lowest BCUT2D eigenvalue weighted by Crippen LogP contribution is -2.34. The first-order chi connectivity index (χ1) is 8.08. The minimum absolute atomic E-state index is 0.0332. The zero-order chi connectivity index (χ0) is 12.4. The fraction of sp³-hybridized carbons (Fsp3) is 0.545. The molecule has 1 amide bonds. The van der Waals surface area contributed by atoms with Crippen molar-refractivity contribution in [3.05, 3.63) is 21.9 Å². The molecule has 0 radical (unpaired) electrons. The van der Waals surface area contributed by atoms with E-state index in [9.17, 15) is 4.79 Å². The molecule has 1 saturated heterocycles. The van der Waals surface area contributed by atoms with Crippen LogP contribution in [-0.2, 0) is 0 Å². The third kappa shape index (κ3) is 2.94. The third-order valence-electron chi connectivity index (χ3n) is 2.96. The zero-order valence-electron chi connectivity index (χ0n) is 9.67. The molecule has 17 heavy (non-hydrogen) atoms. The van der Waals surface area contributed by atoms with Crippen molar-refractivity contribution in [2.75, 3.05) is 33.2 Å². The predicted octanol–water partition coefficient (Wildman–Crippen LogP) is 2.10. The fourth-order valence-corrected chi connectivity index (χ4v) is 2.25. The van der Waals surface area contributed by atoms with Crippen LogP contribution >= 0.6 is 23.2 Å². The molecule has 1 aromatic rings. The van der Waals surface area contributed by atoms with Crippen molar-refractivity contribution in [3.8, 4) is 0 Å². The first kappa shape index (κ1) is 12.7. The molecule has 0 bridgehead atoms. The second-order valence-electron chi connectivity index (χ2n) is 4.29. The van der Waals surface area contributed by atoms with Crippen LogP contribution in [0.2, 0.25) is 10.2 Å². The number of nitrogens with zero attached hydrogens (tertiary/aromatic N) is 2. The van der Waals surface area contributed by atoms with Gasteiger partial charge in [-0.25, -0.2) is 0 Å². The fourth-order valence-electron chi connectivity index (χ4n) is 1.94. The molecule has 1 N–H and O–H groups in total. The van der Waals surface area contributed by atoms with E-state index >= 15 is 0 Å². The van der Waals surface area contributed by atoms with Crippen molar-refractivity contribution in [1.82, 2.24) is 14.8 Å². The Hall–Kier alpha value is -0.710. The molecular weight excluding hydrogens is 261 g/mol. The van der Waals surface area contributed by atoms with Gasteiger partial charge in [-0.05, 0) is 26.1 Å². The molecule has 0 aliphatic carbocycles. The van der Waals surface area contributed by atoms with Crippen molar-refractivity contribution in [2.45, 2.75) is 6.42 Å². The average molecular weight is 276 g/mol. The van der Waals surface area contributed by atoms with Crippen LogP contribution in [-0.4, -0.2) is 53.9 Å². The van der Waals surface area contributed by atoms with Crippen LogP contribution in [0.15, 0.2) is 6.07 Å². The molecular formula is C11H15Cl2N3O. The van der Waals surface area contributed by atoms with E-state index < -0.39 is 0 Å². The highest BCUT2D eigenvalue weighted by Gasteiger charge is 2.20. The monoisotopic (exact) mass is 275 g/mol. The van der Waals surface area contributed by atoms with Crippen LogP contribution in [0, 0.1) is 0 Å². The first-order valence-electron chi connectivity index (χ1n) is 5.60. The molecule has 6 heteroatoms. The summed E-state index contributed by atoms with van der Waals surface area (Å²) in [5.74, 6) is -0.0332. The molecule has 0 aromatic carbocycles. The van der Waals surface area contributed by atoms with Gasteiger partial charge in [0.1, 0.15) is 10.8 Å². The zero-order valence-corrected chi connectivity index (χ0v) is 11.2. The highest BCUT2D eigenvalue weighted by molar-refractivity contribution is 6.41. The van der Waals surface area contributed by atoms with Gasteiger partial charge in [-0.15, -0.1) is 0 Å². The maximum absolute atomic E-state index is 12.2. The lowest BCUT2D eigenvalue weighted by molar-refractivity contribution is 0.0757. The number of hydrogen-bond donors (Lipinski definition) is 1. The normalized spacial score (nSPS) is 18.2. The molecule has 2 heterocycles. The summed E-state index contributed by atoms with van der Waals surface area (Å²) < 4.78 is 0. The van der Waals surface area contributed by atoms with E-state index in [0.717, 1.165) is 32.6 Å². The van der Waals surface area contributed by atoms with E-state index in [2.05, 4.69) is 16.9 Å². The van der Waals surface area contributed by atoms with Crippen LogP contribution in [0.4, 0.5) is 0 Å². The maximum Gasteiger partial charge on any atom is 0.270 e. The summed E-state index contributed by atoms with van der Waals surface area (Å²) >= 11 is 11.6. The van der Waals surface area contributed by atoms with Gasteiger partial charge in [-0.2, -0.15) is 0 Å². The summed E-state index contributed by atoms with van der Waals surface area (Å²) in [6.07, 6.45) is 0.990. The molecule has 1 aliphatic heterocycles. The van der Waals surface area contributed by atoms with Crippen molar-refractivity contribution < 1.29 is 4.79 Å². The Morgan fingerprint density at radius 1 is 1.29 bits per heavy atom. The summed E-state index contributed by atoms with van der Waals surface area (Å²) in [5.41, 5.74) is 0.463. The molecule has 0 atom stereocenters. The molecule has 1 fully saturated rings. The highest BCUT2D eigenvalue weighted by atomic mass is 35.5.